The number of hydrogen-bond donors (Lipinski definition) is 1. The molecule has 1 unspecified atom stereocenters. The molecule has 0 aliphatic heterocycles. The standard InChI is InChI=1S/C18H19N3O/c1-4-5-18(22)14-6-8-15(9-7-14)19-20-16-10-12-17(13-11-16)21(2)3/h1,6-13,18,22H,5H2,2-3H3. The van der Waals surface area contributed by atoms with Crippen LogP contribution in [0.15, 0.2) is 58.8 Å². The summed E-state index contributed by atoms with van der Waals surface area (Å²) < 4.78 is 0. The summed E-state index contributed by atoms with van der Waals surface area (Å²) in [5.41, 5.74) is 3.42. The lowest BCUT2D eigenvalue weighted by molar-refractivity contribution is 0.184. The number of anilines is 1. The van der Waals surface area contributed by atoms with E-state index in [2.05, 4.69) is 16.1 Å². The number of rotatable bonds is 5. The van der Waals surface area contributed by atoms with Gasteiger partial charge in [-0.15, -0.1) is 12.3 Å². The molecule has 0 aromatic heterocycles. The van der Waals surface area contributed by atoms with E-state index in [1.165, 1.54) is 0 Å². The molecule has 2 rings (SSSR count). The molecule has 22 heavy (non-hydrogen) atoms. The molecular weight excluding hydrogens is 274 g/mol. The second kappa shape index (κ2) is 7.39. The third-order valence-corrected chi connectivity index (χ3v) is 3.24. The molecule has 0 saturated heterocycles. The van der Waals surface area contributed by atoms with Crippen molar-refractivity contribution in [3.8, 4) is 12.3 Å². The molecule has 0 heterocycles. The number of terminal acetylenes is 1. The summed E-state index contributed by atoms with van der Waals surface area (Å²) >= 11 is 0. The first-order chi connectivity index (χ1) is 10.6. The minimum Gasteiger partial charge on any atom is -0.387 e. The number of hydrogen-bond acceptors (Lipinski definition) is 4. The molecule has 0 aliphatic rings. The molecule has 0 bridgehead atoms. The third kappa shape index (κ3) is 4.18. The lowest BCUT2D eigenvalue weighted by Crippen LogP contribution is -2.07. The fraction of sp³-hybridized carbons (Fsp3) is 0.222. The van der Waals surface area contributed by atoms with Crippen LogP contribution in [0.2, 0.25) is 0 Å². The van der Waals surface area contributed by atoms with Gasteiger partial charge in [0.1, 0.15) is 0 Å². The zero-order valence-corrected chi connectivity index (χ0v) is 12.8. The van der Waals surface area contributed by atoms with Gasteiger partial charge in [-0.3, -0.25) is 0 Å². The van der Waals surface area contributed by atoms with Crippen molar-refractivity contribution in [2.45, 2.75) is 12.5 Å². The summed E-state index contributed by atoms with van der Waals surface area (Å²) in [7, 11) is 3.99. The maximum absolute atomic E-state index is 9.79. The Morgan fingerprint density at radius 1 is 1.00 bits per heavy atom. The van der Waals surface area contributed by atoms with E-state index in [1.807, 2.05) is 67.5 Å². The average Bonchev–Trinajstić information content (AvgIpc) is 2.54. The van der Waals surface area contributed by atoms with E-state index in [0.717, 1.165) is 22.6 Å². The molecule has 0 radical (unpaired) electrons. The van der Waals surface area contributed by atoms with Crippen molar-refractivity contribution in [2.24, 2.45) is 10.2 Å². The average molecular weight is 293 g/mol. The van der Waals surface area contributed by atoms with Crippen LogP contribution in [-0.4, -0.2) is 19.2 Å². The molecule has 2 aromatic rings. The van der Waals surface area contributed by atoms with E-state index >= 15 is 0 Å². The van der Waals surface area contributed by atoms with Crippen LogP contribution in [0.25, 0.3) is 0 Å². The van der Waals surface area contributed by atoms with Crippen molar-refractivity contribution in [2.75, 3.05) is 19.0 Å². The van der Waals surface area contributed by atoms with Crippen molar-refractivity contribution in [1.82, 2.24) is 0 Å². The molecular formula is C18H19N3O. The Morgan fingerprint density at radius 3 is 1.95 bits per heavy atom. The van der Waals surface area contributed by atoms with Gasteiger partial charge in [0.2, 0.25) is 0 Å². The topological polar surface area (TPSA) is 48.2 Å². The van der Waals surface area contributed by atoms with Gasteiger partial charge in [-0.1, -0.05) is 12.1 Å². The first-order valence-electron chi connectivity index (χ1n) is 7.01. The molecule has 2 aromatic carbocycles. The highest BCUT2D eigenvalue weighted by Crippen LogP contribution is 2.23. The highest BCUT2D eigenvalue weighted by molar-refractivity contribution is 5.52. The van der Waals surface area contributed by atoms with Crippen LogP contribution in [0.1, 0.15) is 18.1 Å². The number of azo groups is 1. The maximum Gasteiger partial charge on any atom is 0.0899 e. The van der Waals surface area contributed by atoms with Gasteiger partial charge in [0.15, 0.2) is 0 Å². The SMILES string of the molecule is C#CCC(O)c1ccc(N=Nc2ccc(N(C)C)cc2)cc1. The van der Waals surface area contributed by atoms with Gasteiger partial charge in [-0.25, -0.2) is 0 Å². The van der Waals surface area contributed by atoms with Crippen LogP contribution in [0.3, 0.4) is 0 Å². The molecule has 0 aliphatic carbocycles. The number of aliphatic hydroxyl groups is 1. The Bertz CT molecular complexity index is 667. The van der Waals surface area contributed by atoms with E-state index in [1.54, 1.807) is 0 Å². The van der Waals surface area contributed by atoms with Gasteiger partial charge >= 0.3 is 0 Å². The number of benzene rings is 2. The van der Waals surface area contributed by atoms with Crippen molar-refractivity contribution in [3.05, 3.63) is 54.1 Å². The van der Waals surface area contributed by atoms with Crippen molar-refractivity contribution < 1.29 is 5.11 Å². The highest BCUT2D eigenvalue weighted by Gasteiger charge is 2.05. The smallest absolute Gasteiger partial charge is 0.0899 e. The summed E-state index contributed by atoms with van der Waals surface area (Å²) in [4.78, 5) is 2.03. The van der Waals surface area contributed by atoms with Gasteiger partial charge in [-0.05, 0) is 42.0 Å². The molecule has 0 saturated carbocycles. The lowest BCUT2D eigenvalue weighted by atomic mass is 10.1. The summed E-state index contributed by atoms with van der Waals surface area (Å²) in [6.45, 7) is 0. The predicted octanol–water partition coefficient (Wildman–Crippen LogP) is 4.22. The zero-order chi connectivity index (χ0) is 15.9. The second-order valence-corrected chi connectivity index (χ2v) is 5.13. The Balaban J connectivity index is 2.05. The zero-order valence-electron chi connectivity index (χ0n) is 12.8. The summed E-state index contributed by atoms with van der Waals surface area (Å²) in [6, 6.07) is 15.1. The van der Waals surface area contributed by atoms with Crippen LogP contribution < -0.4 is 4.90 Å². The van der Waals surface area contributed by atoms with Crippen molar-refractivity contribution in [3.63, 3.8) is 0 Å². The molecule has 1 atom stereocenters. The van der Waals surface area contributed by atoms with Crippen molar-refractivity contribution in [1.29, 1.82) is 0 Å². The van der Waals surface area contributed by atoms with Gasteiger partial charge in [0, 0.05) is 26.2 Å². The van der Waals surface area contributed by atoms with E-state index < -0.39 is 6.10 Å². The minimum atomic E-state index is -0.630. The van der Waals surface area contributed by atoms with E-state index in [-0.39, 0.29) is 0 Å². The summed E-state index contributed by atoms with van der Waals surface area (Å²) in [5, 5.41) is 18.2. The lowest BCUT2D eigenvalue weighted by Gasteiger charge is -2.11. The van der Waals surface area contributed by atoms with Gasteiger partial charge in [-0.2, -0.15) is 10.2 Å². The summed E-state index contributed by atoms with van der Waals surface area (Å²) in [6.07, 6.45) is 4.87. The van der Waals surface area contributed by atoms with Crippen molar-refractivity contribution >= 4 is 17.1 Å². The van der Waals surface area contributed by atoms with Gasteiger partial charge in [0.25, 0.3) is 0 Å². The first kappa shape index (κ1) is 15.7. The molecule has 0 fully saturated rings. The quantitative estimate of drug-likeness (QED) is 0.662. The molecule has 4 nitrogen and oxygen atoms in total. The third-order valence-electron chi connectivity index (χ3n) is 3.24. The molecule has 4 heteroatoms. The van der Waals surface area contributed by atoms with Crippen LogP contribution in [0, 0.1) is 12.3 Å². The Kier molecular flexibility index (Phi) is 5.29. The molecule has 0 amide bonds. The Morgan fingerprint density at radius 2 is 1.50 bits per heavy atom. The van der Waals surface area contributed by atoms with E-state index in [9.17, 15) is 5.11 Å². The molecule has 1 N–H and O–H groups in total. The Labute approximate surface area is 131 Å². The largest absolute Gasteiger partial charge is 0.387 e. The van der Waals surface area contributed by atoms with E-state index in [0.29, 0.717) is 6.42 Å². The van der Waals surface area contributed by atoms with Crippen LogP contribution in [0.4, 0.5) is 17.1 Å². The van der Waals surface area contributed by atoms with Crippen LogP contribution in [0.5, 0.6) is 0 Å². The first-order valence-corrected chi connectivity index (χ1v) is 7.01. The second-order valence-electron chi connectivity index (χ2n) is 5.13. The molecule has 112 valence electrons. The van der Waals surface area contributed by atoms with Gasteiger partial charge in [0.05, 0.1) is 17.5 Å². The normalized spacial score (nSPS) is 12.1. The fourth-order valence-electron chi connectivity index (χ4n) is 1.93. The van der Waals surface area contributed by atoms with Crippen LogP contribution in [-0.2, 0) is 0 Å². The fourth-order valence-corrected chi connectivity index (χ4v) is 1.93. The number of nitrogens with zero attached hydrogens (tertiary/aromatic N) is 3. The molecule has 0 spiro atoms. The van der Waals surface area contributed by atoms with Gasteiger partial charge < -0.3 is 10.0 Å². The Hall–Kier alpha value is -2.64. The maximum atomic E-state index is 9.79. The number of aliphatic hydroxyl groups excluding tert-OH is 1. The van der Waals surface area contributed by atoms with E-state index in [4.69, 9.17) is 6.42 Å². The minimum absolute atomic E-state index is 0.305. The van der Waals surface area contributed by atoms with Crippen LogP contribution >= 0.6 is 0 Å². The predicted molar refractivity (Wildman–Crippen MR) is 89.8 cm³/mol. The monoisotopic (exact) mass is 293 g/mol. The summed E-state index contributed by atoms with van der Waals surface area (Å²) in [5.74, 6) is 2.44. The highest BCUT2D eigenvalue weighted by atomic mass is 16.3.